The highest BCUT2D eigenvalue weighted by Crippen LogP contribution is 2.35. The van der Waals surface area contributed by atoms with Crippen molar-refractivity contribution < 1.29 is 27.8 Å². The van der Waals surface area contributed by atoms with E-state index in [-0.39, 0.29) is 18.0 Å². The van der Waals surface area contributed by atoms with Crippen LogP contribution in [0, 0.1) is 12.8 Å². The Morgan fingerprint density at radius 2 is 2.00 bits per heavy atom. The summed E-state index contributed by atoms with van der Waals surface area (Å²) in [4.78, 5) is 17.1. The van der Waals surface area contributed by atoms with E-state index in [0.29, 0.717) is 46.2 Å². The number of nitrogens with zero attached hydrogens (tertiary/aromatic N) is 3. The van der Waals surface area contributed by atoms with Crippen LogP contribution >= 0.6 is 0 Å². The lowest BCUT2D eigenvalue weighted by molar-refractivity contribution is -0.131. The molecule has 39 heavy (non-hydrogen) atoms. The molecule has 5 rings (SSSR count). The van der Waals surface area contributed by atoms with E-state index >= 15 is 0 Å². The summed E-state index contributed by atoms with van der Waals surface area (Å²) in [7, 11) is 1.52. The van der Waals surface area contributed by atoms with Crippen LogP contribution in [-0.2, 0) is 0 Å². The van der Waals surface area contributed by atoms with E-state index in [2.05, 4.69) is 15.4 Å². The van der Waals surface area contributed by atoms with Crippen molar-refractivity contribution in [3.05, 3.63) is 77.1 Å². The number of aromatic nitrogens is 3. The van der Waals surface area contributed by atoms with Crippen molar-refractivity contribution in [3.8, 4) is 17.0 Å². The highest BCUT2D eigenvalue weighted by molar-refractivity contribution is 5.98. The number of hydrogen-bond donors (Lipinski definition) is 2. The van der Waals surface area contributed by atoms with Crippen LogP contribution in [0.5, 0.6) is 5.75 Å². The van der Waals surface area contributed by atoms with Gasteiger partial charge in [-0.05, 0) is 61.1 Å². The average molecular weight is 539 g/mol. The lowest BCUT2D eigenvalue weighted by atomic mass is 9.98. The number of fused-ring (bicyclic) bond motifs is 1. The van der Waals surface area contributed by atoms with Crippen LogP contribution in [0.3, 0.4) is 0 Å². The van der Waals surface area contributed by atoms with Gasteiger partial charge in [-0.1, -0.05) is 24.3 Å². The number of ether oxygens (including phenoxy) is 1. The van der Waals surface area contributed by atoms with E-state index in [0.717, 1.165) is 24.0 Å². The van der Waals surface area contributed by atoms with Crippen molar-refractivity contribution >= 4 is 17.1 Å². The maximum atomic E-state index is 12.8. The summed E-state index contributed by atoms with van der Waals surface area (Å²) >= 11 is 0. The minimum absolute atomic E-state index is 0.123. The van der Waals surface area contributed by atoms with E-state index in [1.165, 1.54) is 17.7 Å². The van der Waals surface area contributed by atoms with Crippen LogP contribution in [0.2, 0.25) is 0 Å². The smallest absolute Gasteiger partial charge is 0.390 e. The maximum Gasteiger partial charge on any atom is 0.390 e. The first-order valence-electron chi connectivity index (χ1n) is 12.8. The van der Waals surface area contributed by atoms with Crippen LogP contribution in [0.4, 0.5) is 18.9 Å². The number of aliphatic hydroxyl groups is 1. The zero-order valence-corrected chi connectivity index (χ0v) is 21.6. The van der Waals surface area contributed by atoms with Crippen molar-refractivity contribution in [1.29, 1.82) is 0 Å². The highest BCUT2D eigenvalue weighted by atomic mass is 19.4. The highest BCUT2D eigenvalue weighted by Gasteiger charge is 2.27. The summed E-state index contributed by atoms with van der Waals surface area (Å²) < 4.78 is 45.3. The molecule has 1 saturated carbocycles. The summed E-state index contributed by atoms with van der Waals surface area (Å²) in [6.45, 7) is 1.51. The number of rotatable bonds is 10. The molecule has 7 nitrogen and oxygen atoms in total. The van der Waals surface area contributed by atoms with Gasteiger partial charge in [0.2, 0.25) is 0 Å². The fourth-order valence-corrected chi connectivity index (χ4v) is 4.60. The normalized spacial score (nSPS) is 14.4. The molecular weight excluding hydrogens is 509 g/mol. The molecule has 0 spiro atoms. The first-order chi connectivity index (χ1) is 18.6. The maximum absolute atomic E-state index is 12.8. The molecule has 0 aliphatic heterocycles. The molecule has 4 aromatic rings. The van der Waals surface area contributed by atoms with Crippen molar-refractivity contribution in [3.63, 3.8) is 0 Å². The molecular formula is C29H29F3N4O3. The number of methoxy groups -OCH3 is 1. The third-order valence-corrected chi connectivity index (χ3v) is 6.89. The second-order valence-corrected chi connectivity index (χ2v) is 9.93. The Bertz CT molecular complexity index is 1510. The molecule has 204 valence electrons. The predicted octanol–water partition coefficient (Wildman–Crippen LogP) is 6.14. The SMILES string of the molecule is COc1cccc(C(O)c2cc(NCCC(F)(F)F)c3ncc(-c4ccc(C(=O)CC5CC5)c(C)c4)n3n2)c1. The van der Waals surface area contributed by atoms with Gasteiger partial charge in [0.25, 0.3) is 0 Å². The first-order valence-corrected chi connectivity index (χ1v) is 12.8. The molecule has 0 radical (unpaired) electrons. The van der Waals surface area contributed by atoms with Crippen molar-refractivity contribution in [2.45, 2.75) is 44.9 Å². The summed E-state index contributed by atoms with van der Waals surface area (Å²) in [5.74, 6) is 1.15. The van der Waals surface area contributed by atoms with Crippen LogP contribution in [-0.4, -0.2) is 45.3 Å². The van der Waals surface area contributed by atoms with Crippen molar-refractivity contribution in [1.82, 2.24) is 14.6 Å². The molecule has 2 N–H and O–H groups in total. The third-order valence-electron chi connectivity index (χ3n) is 6.89. The number of anilines is 1. The summed E-state index contributed by atoms with van der Waals surface area (Å²) in [5, 5.41) is 18.6. The Hall–Kier alpha value is -3.92. The van der Waals surface area contributed by atoms with E-state index in [9.17, 15) is 23.1 Å². The van der Waals surface area contributed by atoms with Gasteiger partial charge in [0.15, 0.2) is 11.4 Å². The minimum atomic E-state index is -4.32. The number of hydrogen-bond acceptors (Lipinski definition) is 6. The topological polar surface area (TPSA) is 88.8 Å². The number of Topliss-reactive ketones (excluding diaryl/α,β-unsaturated/α-hetero) is 1. The summed E-state index contributed by atoms with van der Waals surface area (Å²) in [6.07, 6.45) is -2.20. The van der Waals surface area contributed by atoms with E-state index in [1.807, 2.05) is 19.1 Å². The number of carbonyl (C=O) groups excluding carboxylic acids is 1. The van der Waals surface area contributed by atoms with Crippen molar-refractivity contribution in [2.24, 2.45) is 5.92 Å². The Morgan fingerprint density at radius 3 is 2.69 bits per heavy atom. The van der Waals surface area contributed by atoms with Gasteiger partial charge in [-0.15, -0.1) is 0 Å². The number of nitrogens with one attached hydrogen (secondary N) is 1. The monoisotopic (exact) mass is 538 g/mol. The fraction of sp³-hybridized carbons (Fsp3) is 0.345. The zero-order valence-electron chi connectivity index (χ0n) is 21.6. The van der Waals surface area contributed by atoms with Crippen LogP contribution in [0.25, 0.3) is 16.9 Å². The second kappa shape index (κ2) is 10.7. The molecule has 1 fully saturated rings. The Balaban J connectivity index is 1.54. The molecule has 2 aromatic heterocycles. The zero-order chi connectivity index (χ0) is 27.7. The second-order valence-electron chi connectivity index (χ2n) is 9.93. The van der Waals surface area contributed by atoms with E-state index in [1.54, 1.807) is 36.5 Å². The molecule has 1 aliphatic carbocycles. The number of carbonyl (C=O) groups is 1. The molecule has 10 heteroatoms. The van der Waals surface area contributed by atoms with Crippen LogP contribution in [0.1, 0.15) is 59.0 Å². The summed E-state index contributed by atoms with van der Waals surface area (Å²) in [6, 6.07) is 13.9. The lowest BCUT2D eigenvalue weighted by Gasteiger charge is -2.16. The number of imidazole rings is 1. The van der Waals surface area contributed by atoms with Gasteiger partial charge >= 0.3 is 6.18 Å². The molecule has 0 bridgehead atoms. The molecule has 2 heterocycles. The van der Waals surface area contributed by atoms with Crippen LogP contribution < -0.4 is 10.1 Å². The van der Waals surface area contributed by atoms with Gasteiger partial charge in [0.05, 0.1) is 36.8 Å². The number of ketones is 1. The standard InChI is InChI=1S/C29H29F3N4O3/c1-17-12-19(8-9-22(17)26(37)13-18-6-7-18)25-16-34-28-24(33-11-10-29(30,31)32)15-23(35-36(25)28)27(38)20-4-3-5-21(14-20)39-2/h3-5,8-9,12,14-16,18,27,33,38H,6-7,10-11,13H2,1-2H3. The summed E-state index contributed by atoms with van der Waals surface area (Å²) in [5.41, 5.74) is 4.18. The number of aliphatic hydroxyl groups excluding tert-OH is 1. The van der Waals surface area contributed by atoms with Crippen molar-refractivity contribution in [2.75, 3.05) is 19.0 Å². The third kappa shape index (κ3) is 6.06. The first kappa shape index (κ1) is 26.7. The number of aryl methyl sites for hydroxylation is 1. The Morgan fingerprint density at radius 1 is 1.21 bits per heavy atom. The molecule has 1 aliphatic rings. The van der Waals surface area contributed by atoms with E-state index < -0.39 is 18.7 Å². The lowest BCUT2D eigenvalue weighted by Crippen LogP contribution is -2.16. The largest absolute Gasteiger partial charge is 0.497 e. The molecule has 1 unspecified atom stereocenters. The van der Waals surface area contributed by atoms with Gasteiger partial charge in [-0.3, -0.25) is 4.79 Å². The van der Waals surface area contributed by atoms with Gasteiger partial charge < -0.3 is 15.2 Å². The number of halogens is 3. The van der Waals surface area contributed by atoms with Gasteiger partial charge in [-0.25, -0.2) is 9.50 Å². The molecule has 0 amide bonds. The number of benzene rings is 2. The molecule has 0 saturated heterocycles. The predicted molar refractivity (Wildman–Crippen MR) is 141 cm³/mol. The fourth-order valence-electron chi connectivity index (χ4n) is 4.60. The van der Waals surface area contributed by atoms with Gasteiger partial charge in [-0.2, -0.15) is 18.3 Å². The Labute approximate surface area is 223 Å². The molecule has 1 atom stereocenters. The minimum Gasteiger partial charge on any atom is -0.497 e. The quantitative estimate of drug-likeness (QED) is 0.236. The Kier molecular flexibility index (Phi) is 7.31. The van der Waals surface area contributed by atoms with Gasteiger partial charge in [0.1, 0.15) is 11.9 Å². The van der Waals surface area contributed by atoms with E-state index in [4.69, 9.17) is 4.74 Å². The molecule has 2 aromatic carbocycles. The van der Waals surface area contributed by atoms with Crippen LogP contribution in [0.15, 0.2) is 54.7 Å². The van der Waals surface area contributed by atoms with Gasteiger partial charge in [0, 0.05) is 24.1 Å². The number of alkyl halides is 3. The average Bonchev–Trinajstić information content (AvgIpc) is 3.61.